The van der Waals surface area contributed by atoms with Crippen molar-refractivity contribution < 1.29 is 18.7 Å². The molecule has 0 saturated heterocycles. The summed E-state index contributed by atoms with van der Waals surface area (Å²) in [4.78, 5) is 12.8. The summed E-state index contributed by atoms with van der Waals surface area (Å²) in [5.41, 5.74) is 7.77. The molecule has 2 bridgehead atoms. The number of rotatable bonds is 9. The van der Waals surface area contributed by atoms with Gasteiger partial charge in [-0.1, -0.05) is 12.1 Å². The summed E-state index contributed by atoms with van der Waals surface area (Å²) in [5.74, 6) is 1.44. The molecule has 4 saturated carbocycles. The number of benzene rings is 1. The topological polar surface area (TPSA) is 61.5 Å². The second-order valence-corrected chi connectivity index (χ2v) is 9.73. The smallest absolute Gasteiger partial charge is 0.136 e. The molecule has 0 atom stereocenters. The van der Waals surface area contributed by atoms with Gasteiger partial charge in [0.2, 0.25) is 0 Å². The lowest BCUT2D eigenvalue weighted by Crippen LogP contribution is -2.46. The minimum atomic E-state index is 0.162. The van der Waals surface area contributed by atoms with Gasteiger partial charge in [-0.2, -0.15) is 0 Å². The molecule has 5 heteroatoms. The van der Waals surface area contributed by atoms with E-state index in [9.17, 15) is 9.18 Å². The molecule has 0 unspecified atom stereocenters. The Balaban J connectivity index is 1.33. The molecule has 0 radical (unpaired) electrons. The number of nitrogens with two attached hydrogens (primary N) is 1. The van der Waals surface area contributed by atoms with E-state index in [1.54, 1.807) is 7.11 Å². The van der Waals surface area contributed by atoms with E-state index in [0.29, 0.717) is 23.8 Å². The molecule has 4 aliphatic rings. The van der Waals surface area contributed by atoms with Gasteiger partial charge < -0.3 is 15.2 Å². The lowest BCUT2D eigenvalue weighted by molar-refractivity contribution is -0.135. The molecule has 164 valence electrons. The maximum Gasteiger partial charge on any atom is 0.136 e. The van der Waals surface area contributed by atoms with Gasteiger partial charge in [-0.05, 0) is 79.9 Å². The van der Waals surface area contributed by atoms with Crippen molar-refractivity contribution in [1.82, 2.24) is 0 Å². The Hall–Kier alpha value is -1.72. The van der Waals surface area contributed by atoms with Crippen LogP contribution in [0.15, 0.2) is 36.2 Å². The summed E-state index contributed by atoms with van der Waals surface area (Å²) in [6.07, 6.45) is 10.3. The molecule has 4 aliphatic carbocycles. The predicted molar refractivity (Wildman–Crippen MR) is 115 cm³/mol. The van der Waals surface area contributed by atoms with E-state index in [1.807, 2.05) is 12.1 Å². The molecule has 0 spiro atoms. The number of carbonyl (C=O) groups is 1. The monoisotopic (exact) mass is 415 g/mol. The Bertz CT molecular complexity index is 758. The number of ether oxygens (including phenoxy) is 2. The fraction of sp³-hybridized carbons (Fsp3) is 0.640. The van der Waals surface area contributed by atoms with Crippen LogP contribution in [0.25, 0.3) is 0 Å². The normalized spacial score (nSPS) is 33.2. The number of halogens is 1. The average molecular weight is 416 g/mol. The van der Waals surface area contributed by atoms with E-state index in [4.69, 9.17) is 15.2 Å². The van der Waals surface area contributed by atoms with Gasteiger partial charge in [0.1, 0.15) is 18.1 Å². The summed E-state index contributed by atoms with van der Waals surface area (Å²) < 4.78 is 23.6. The zero-order valence-electron chi connectivity index (χ0n) is 18.0. The summed E-state index contributed by atoms with van der Waals surface area (Å²) >= 11 is 0. The van der Waals surface area contributed by atoms with Crippen molar-refractivity contribution in [1.29, 1.82) is 0 Å². The van der Waals surface area contributed by atoms with Gasteiger partial charge >= 0.3 is 0 Å². The second-order valence-electron chi connectivity index (χ2n) is 9.73. The van der Waals surface area contributed by atoms with Crippen molar-refractivity contribution in [2.75, 3.05) is 20.3 Å². The lowest BCUT2D eigenvalue weighted by atomic mass is 9.50. The first-order valence-electron chi connectivity index (χ1n) is 11.3. The Labute approximate surface area is 179 Å². The molecule has 5 rings (SSSR count). The van der Waals surface area contributed by atoms with Crippen molar-refractivity contribution in [3.05, 3.63) is 41.7 Å². The van der Waals surface area contributed by atoms with Crippen molar-refractivity contribution in [3.63, 3.8) is 0 Å². The van der Waals surface area contributed by atoms with E-state index in [2.05, 4.69) is 12.1 Å². The number of fused-ring (bicyclic) bond motifs is 3. The molecule has 0 amide bonds. The highest BCUT2D eigenvalue weighted by Crippen LogP contribution is 2.59. The Morgan fingerprint density at radius 2 is 1.77 bits per heavy atom. The molecular formula is C25H34FNO3. The zero-order chi connectivity index (χ0) is 21.2. The molecule has 2 N–H and O–H groups in total. The van der Waals surface area contributed by atoms with E-state index in [0.717, 1.165) is 63.5 Å². The molecular weight excluding hydrogens is 381 g/mol. The Morgan fingerprint density at radius 3 is 2.30 bits per heavy atom. The first-order chi connectivity index (χ1) is 14.5. The van der Waals surface area contributed by atoms with Crippen molar-refractivity contribution in [2.24, 2.45) is 17.1 Å². The summed E-state index contributed by atoms with van der Waals surface area (Å²) in [7, 11) is 1.74. The van der Waals surface area contributed by atoms with Gasteiger partial charge in [-0.25, -0.2) is 4.39 Å². The third kappa shape index (κ3) is 4.19. The maximum atomic E-state index is 12.8. The van der Waals surface area contributed by atoms with Gasteiger partial charge in [0.25, 0.3) is 0 Å². The van der Waals surface area contributed by atoms with Crippen LogP contribution < -0.4 is 10.5 Å². The van der Waals surface area contributed by atoms with Gasteiger partial charge in [0, 0.05) is 31.6 Å². The lowest BCUT2D eigenvalue weighted by Gasteiger charge is -2.54. The van der Waals surface area contributed by atoms with E-state index in [1.165, 1.54) is 5.56 Å². The molecule has 30 heavy (non-hydrogen) atoms. The van der Waals surface area contributed by atoms with Crippen LogP contribution in [-0.4, -0.2) is 32.1 Å². The fourth-order valence-electron chi connectivity index (χ4n) is 5.71. The van der Waals surface area contributed by atoms with Crippen LogP contribution in [0.1, 0.15) is 63.4 Å². The molecule has 0 aliphatic heterocycles. The summed E-state index contributed by atoms with van der Waals surface area (Å²) in [6, 6.07) is 8.30. The number of ketones is 1. The predicted octanol–water partition coefficient (Wildman–Crippen LogP) is 4.85. The summed E-state index contributed by atoms with van der Waals surface area (Å²) in [5, 5.41) is 0. The fourth-order valence-corrected chi connectivity index (χ4v) is 5.71. The van der Waals surface area contributed by atoms with E-state index < -0.39 is 0 Å². The van der Waals surface area contributed by atoms with Gasteiger partial charge in [-0.3, -0.25) is 4.79 Å². The highest BCUT2D eigenvalue weighted by atomic mass is 19.1. The van der Waals surface area contributed by atoms with Gasteiger partial charge in [-0.15, -0.1) is 0 Å². The highest BCUT2D eigenvalue weighted by Gasteiger charge is 2.50. The summed E-state index contributed by atoms with van der Waals surface area (Å²) in [6.45, 7) is 0.343. The minimum absolute atomic E-state index is 0.162. The van der Waals surface area contributed by atoms with Crippen LogP contribution >= 0.6 is 0 Å². The third-order valence-corrected chi connectivity index (χ3v) is 8.14. The standard InChI is InChI=1S/C25H34FNO3/c1-29-22-12-19(13-22)23(28)14-24-6-9-25(10-7-24,11-8-24)20-2-4-21(5-3-20)30-17-18(15-26)16-27/h2-5,15,19,22H,6-14,16-17,27H2,1H3/b18-15+. The Kier molecular flexibility index (Phi) is 6.31. The highest BCUT2D eigenvalue weighted by molar-refractivity contribution is 5.82. The zero-order valence-corrected chi connectivity index (χ0v) is 18.0. The number of hydrogen-bond donors (Lipinski definition) is 1. The quantitative estimate of drug-likeness (QED) is 0.626. The molecule has 1 aromatic rings. The molecule has 1 aromatic carbocycles. The molecule has 4 fully saturated rings. The van der Waals surface area contributed by atoms with Crippen LogP contribution in [0, 0.1) is 11.3 Å². The van der Waals surface area contributed by atoms with Crippen LogP contribution in [0.2, 0.25) is 0 Å². The van der Waals surface area contributed by atoms with Crippen LogP contribution in [0.4, 0.5) is 4.39 Å². The Morgan fingerprint density at radius 1 is 1.13 bits per heavy atom. The molecule has 0 aromatic heterocycles. The number of hydrogen-bond acceptors (Lipinski definition) is 4. The SMILES string of the molecule is COC1CC(C(=O)CC23CCC(c4ccc(OC/C(=C/F)CN)cc4)(CC2)CC3)C1. The van der Waals surface area contributed by atoms with Crippen LogP contribution in [-0.2, 0) is 14.9 Å². The van der Waals surface area contributed by atoms with Crippen LogP contribution in [0.5, 0.6) is 5.75 Å². The van der Waals surface area contributed by atoms with Crippen LogP contribution in [0.3, 0.4) is 0 Å². The number of methoxy groups -OCH3 is 1. The second kappa shape index (κ2) is 8.80. The van der Waals surface area contributed by atoms with E-state index >= 15 is 0 Å². The third-order valence-electron chi connectivity index (χ3n) is 8.14. The molecule has 4 nitrogen and oxygen atoms in total. The average Bonchev–Trinajstić information content (AvgIpc) is 2.75. The molecule has 0 heterocycles. The number of Topliss-reactive ketones (excluding diaryl/α,β-unsaturated/α-hetero) is 1. The van der Waals surface area contributed by atoms with Gasteiger partial charge in [0.05, 0.1) is 12.4 Å². The van der Waals surface area contributed by atoms with Crippen molar-refractivity contribution in [3.8, 4) is 5.75 Å². The first kappa shape index (κ1) is 21.5. The number of carbonyl (C=O) groups excluding carboxylic acids is 1. The minimum Gasteiger partial charge on any atom is -0.489 e. The van der Waals surface area contributed by atoms with Crippen molar-refractivity contribution >= 4 is 5.78 Å². The maximum absolute atomic E-state index is 12.8. The van der Waals surface area contributed by atoms with Gasteiger partial charge in [0.15, 0.2) is 0 Å². The van der Waals surface area contributed by atoms with Crippen molar-refractivity contribution in [2.45, 2.75) is 69.3 Å². The first-order valence-corrected chi connectivity index (χ1v) is 11.3. The van der Waals surface area contributed by atoms with E-state index in [-0.39, 0.29) is 29.9 Å². The largest absolute Gasteiger partial charge is 0.489 e.